The van der Waals surface area contributed by atoms with Gasteiger partial charge in [-0.15, -0.1) is 0 Å². The van der Waals surface area contributed by atoms with Gasteiger partial charge in [0.15, 0.2) is 11.5 Å². The summed E-state index contributed by atoms with van der Waals surface area (Å²) in [5, 5.41) is 3.21. The number of hydrogen-bond acceptors (Lipinski definition) is 6. The Morgan fingerprint density at radius 2 is 1.53 bits per heavy atom. The lowest BCUT2D eigenvalue weighted by Gasteiger charge is -2.50. The summed E-state index contributed by atoms with van der Waals surface area (Å²) in [6.45, 7) is 31.6. The van der Waals surface area contributed by atoms with Gasteiger partial charge in [-0.3, -0.25) is 5.10 Å². The van der Waals surface area contributed by atoms with Crippen LogP contribution < -0.4 is 4.74 Å². The summed E-state index contributed by atoms with van der Waals surface area (Å²) in [4.78, 5) is 37.8. The van der Waals surface area contributed by atoms with Crippen molar-refractivity contribution in [2.24, 2.45) is 28.6 Å². The summed E-state index contributed by atoms with van der Waals surface area (Å²) in [7, 11) is 0. The lowest BCUT2D eigenvalue weighted by molar-refractivity contribution is -0.0922. The average molecular weight is 646 g/mol. The molecule has 2 unspecified atom stereocenters. The monoisotopic (exact) mass is 645 g/mol. The van der Waals surface area contributed by atoms with E-state index in [1.807, 2.05) is 12.1 Å². The van der Waals surface area contributed by atoms with Crippen LogP contribution in [0.25, 0.3) is 21.9 Å². The Balaban J connectivity index is 1.61. The third-order valence-electron chi connectivity index (χ3n) is 9.88. The van der Waals surface area contributed by atoms with Gasteiger partial charge in [0.25, 0.3) is 5.69 Å². The van der Waals surface area contributed by atoms with Crippen LogP contribution in [0.3, 0.4) is 0 Å². The number of aromatic nitrogens is 3. The molecule has 10 heteroatoms. The Morgan fingerprint density at radius 1 is 0.957 bits per heavy atom. The number of benzene rings is 1. The van der Waals surface area contributed by atoms with Crippen molar-refractivity contribution in [3.05, 3.63) is 46.8 Å². The van der Waals surface area contributed by atoms with Gasteiger partial charge >= 0.3 is 12.1 Å². The van der Waals surface area contributed by atoms with Crippen LogP contribution in [-0.4, -0.2) is 64.0 Å². The zero-order valence-corrected chi connectivity index (χ0v) is 29.7. The fourth-order valence-electron chi connectivity index (χ4n) is 7.06. The van der Waals surface area contributed by atoms with Crippen LogP contribution in [0.1, 0.15) is 98.0 Å². The Kier molecular flexibility index (Phi) is 9.28. The van der Waals surface area contributed by atoms with Gasteiger partial charge in [-0.05, 0) is 40.6 Å². The van der Waals surface area contributed by atoms with E-state index in [-0.39, 0.29) is 57.0 Å². The van der Waals surface area contributed by atoms with Crippen molar-refractivity contribution in [1.82, 2.24) is 19.5 Å². The molecule has 2 aromatic heterocycles. The molecule has 0 radical (unpaired) electrons. The summed E-state index contributed by atoms with van der Waals surface area (Å²) in [5.41, 5.74) is 1.79. The Morgan fingerprint density at radius 3 is 2.04 bits per heavy atom. The van der Waals surface area contributed by atoms with Gasteiger partial charge in [-0.25, -0.2) is 23.9 Å². The van der Waals surface area contributed by atoms with Gasteiger partial charge in [0.2, 0.25) is 5.88 Å². The number of amides is 1. The molecular formula is C37H51N5O5. The van der Waals surface area contributed by atoms with Gasteiger partial charge in [0.1, 0.15) is 11.7 Å². The van der Waals surface area contributed by atoms with Crippen molar-refractivity contribution in [2.75, 3.05) is 26.3 Å². The Bertz CT molecular complexity index is 1630. The molecule has 1 saturated heterocycles. The summed E-state index contributed by atoms with van der Waals surface area (Å²) in [6, 6.07) is 8.04. The molecule has 3 heterocycles. The number of morpholine rings is 1. The lowest BCUT2D eigenvalue weighted by atomic mass is 9.59. The third-order valence-corrected chi connectivity index (χ3v) is 9.88. The highest BCUT2D eigenvalue weighted by molar-refractivity contribution is 6.05. The number of hydrogen-bond donors (Lipinski definition) is 1. The number of carbonyl (C=O) groups excluding carboxylic acids is 2. The molecule has 2 aliphatic rings. The molecule has 47 heavy (non-hydrogen) atoms. The van der Waals surface area contributed by atoms with E-state index < -0.39 is 12.1 Å². The molecule has 0 bridgehead atoms. The first-order valence-electron chi connectivity index (χ1n) is 16.8. The second-order valence-electron chi connectivity index (χ2n) is 16.6. The van der Waals surface area contributed by atoms with E-state index >= 15 is 0 Å². The number of H-pyrrole nitrogens is 1. The van der Waals surface area contributed by atoms with E-state index in [4.69, 9.17) is 25.8 Å². The summed E-state index contributed by atoms with van der Waals surface area (Å²) in [6.07, 6.45) is 0.892. The van der Waals surface area contributed by atoms with E-state index in [1.54, 1.807) is 0 Å². The van der Waals surface area contributed by atoms with Crippen LogP contribution in [0.15, 0.2) is 24.3 Å². The number of fused-ring (bicyclic) bond motifs is 1. The highest BCUT2D eigenvalue weighted by Gasteiger charge is 2.48. The second-order valence-corrected chi connectivity index (χ2v) is 16.6. The van der Waals surface area contributed by atoms with Crippen molar-refractivity contribution >= 4 is 23.4 Å². The van der Waals surface area contributed by atoms with Crippen LogP contribution in [0.2, 0.25) is 0 Å². The number of ether oxygens (including phenoxy) is 3. The van der Waals surface area contributed by atoms with E-state index in [2.05, 4.69) is 91.3 Å². The number of esters is 1. The van der Waals surface area contributed by atoms with Gasteiger partial charge in [0, 0.05) is 30.5 Å². The van der Waals surface area contributed by atoms with Crippen LogP contribution in [0, 0.1) is 35.2 Å². The highest BCUT2D eigenvalue weighted by Crippen LogP contribution is 2.50. The highest BCUT2D eigenvalue weighted by atomic mass is 16.6. The Labute approximate surface area is 279 Å². The van der Waals surface area contributed by atoms with Crippen molar-refractivity contribution in [3.63, 3.8) is 0 Å². The third kappa shape index (κ3) is 7.06. The zero-order valence-electron chi connectivity index (χ0n) is 29.7. The topological polar surface area (TPSA) is 103 Å². The van der Waals surface area contributed by atoms with Crippen LogP contribution in [0.4, 0.5) is 10.5 Å². The van der Waals surface area contributed by atoms with Crippen molar-refractivity contribution in [1.29, 1.82) is 0 Å². The standard InChI is InChI=1S/C37H51N5O5/c1-22-20-25(36(5,6)7)29(26(21-22)37(8,9)10)46-33(43)27-28(38-11)32(47-34(44)41-16-18-45-19-17-41)42-31(27)39-30(40-42)23-12-14-24(15-13-23)35(2,3)4/h12-15,22,25-26,29H,16-21H2,1-10H3,(H,39,40). The van der Waals surface area contributed by atoms with Crippen molar-refractivity contribution < 1.29 is 23.8 Å². The second kappa shape index (κ2) is 12.6. The van der Waals surface area contributed by atoms with E-state index in [9.17, 15) is 9.59 Å². The maximum atomic E-state index is 14.4. The molecule has 1 aromatic carbocycles. The first-order valence-corrected chi connectivity index (χ1v) is 16.8. The molecule has 1 saturated carbocycles. The molecule has 0 spiro atoms. The fourth-order valence-corrected chi connectivity index (χ4v) is 7.06. The molecular weight excluding hydrogens is 594 g/mol. The molecule has 5 rings (SSSR count). The lowest BCUT2D eigenvalue weighted by Crippen LogP contribution is -2.49. The first kappa shape index (κ1) is 34.5. The normalized spacial score (nSPS) is 22.6. The minimum absolute atomic E-state index is 0.00229. The fraction of sp³-hybridized carbons (Fsp3) is 0.622. The molecule has 1 N–H and O–H groups in total. The van der Waals surface area contributed by atoms with Gasteiger partial charge < -0.3 is 19.1 Å². The van der Waals surface area contributed by atoms with Gasteiger partial charge in [0.05, 0.1) is 19.8 Å². The molecule has 2 atom stereocenters. The first-order chi connectivity index (χ1) is 21.9. The van der Waals surface area contributed by atoms with Gasteiger partial charge in [-0.2, -0.15) is 0 Å². The summed E-state index contributed by atoms with van der Waals surface area (Å²) < 4.78 is 19.3. The maximum absolute atomic E-state index is 14.4. The molecule has 2 fully saturated rings. The average Bonchev–Trinajstić information content (AvgIpc) is 3.54. The predicted molar refractivity (Wildman–Crippen MR) is 182 cm³/mol. The number of carbonyl (C=O) groups is 2. The van der Waals surface area contributed by atoms with Crippen LogP contribution in [-0.2, 0) is 14.9 Å². The smallest absolute Gasteiger partial charge is 0.415 e. The summed E-state index contributed by atoms with van der Waals surface area (Å²) in [5.74, 6) is 0.476. The number of rotatable bonds is 4. The van der Waals surface area contributed by atoms with Crippen LogP contribution >= 0.6 is 0 Å². The summed E-state index contributed by atoms with van der Waals surface area (Å²) >= 11 is 0. The largest absolute Gasteiger partial charge is 0.459 e. The van der Waals surface area contributed by atoms with Gasteiger partial charge in [-0.1, -0.05) is 93.5 Å². The zero-order chi connectivity index (χ0) is 34.5. The molecule has 1 amide bonds. The van der Waals surface area contributed by atoms with Crippen molar-refractivity contribution in [3.8, 4) is 17.3 Å². The van der Waals surface area contributed by atoms with Crippen molar-refractivity contribution in [2.45, 2.75) is 93.6 Å². The molecule has 254 valence electrons. The van der Waals surface area contributed by atoms with E-state index in [0.29, 0.717) is 38.0 Å². The minimum Gasteiger partial charge on any atom is -0.459 e. The maximum Gasteiger partial charge on any atom is 0.415 e. The quantitative estimate of drug-likeness (QED) is 0.226. The number of aromatic amines is 1. The van der Waals surface area contributed by atoms with Crippen LogP contribution in [0.5, 0.6) is 5.88 Å². The number of nitrogens with zero attached hydrogens (tertiary/aromatic N) is 4. The predicted octanol–water partition coefficient (Wildman–Crippen LogP) is 8.29. The SMILES string of the molecule is [C-]#[N+]c1c(C(=O)OC2C(C(C)(C)C)CC(C)CC2C(C)(C)C)c2nc(-c3ccc(C(C)(C)C)cc3)[nH]n2c1OC(=O)N1CCOCC1. The molecule has 1 aliphatic carbocycles. The number of nitrogens with one attached hydrogen (secondary N) is 1. The van der Waals surface area contributed by atoms with E-state index in [1.165, 1.54) is 15.0 Å². The minimum atomic E-state index is -0.633. The van der Waals surface area contributed by atoms with E-state index in [0.717, 1.165) is 18.4 Å². The molecule has 10 nitrogen and oxygen atoms in total. The molecule has 3 aromatic rings. The molecule has 1 aliphatic heterocycles. The Hall–Kier alpha value is -3.84.